The van der Waals surface area contributed by atoms with Gasteiger partial charge < -0.3 is 20.3 Å². The van der Waals surface area contributed by atoms with E-state index in [1.54, 1.807) is 24.3 Å². The molecule has 3 N–H and O–H groups in total. The molecular weight excluding hydrogens is 284 g/mol. The van der Waals surface area contributed by atoms with Crippen molar-refractivity contribution in [1.82, 2.24) is 5.32 Å². The summed E-state index contributed by atoms with van der Waals surface area (Å²) in [4.78, 5) is 12.5. The van der Waals surface area contributed by atoms with Gasteiger partial charge in [-0.2, -0.15) is 0 Å². The van der Waals surface area contributed by atoms with Crippen LogP contribution in [0.4, 0.5) is 10.5 Å². The van der Waals surface area contributed by atoms with E-state index in [1.807, 2.05) is 20.8 Å². The van der Waals surface area contributed by atoms with Crippen molar-refractivity contribution in [3.63, 3.8) is 0 Å². The van der Waals surface area contributed by atoms with Gasteiger partial charge in [-0.3, -0.25) is 4.90 Å². The van der Waals surface area contributed by atoms with Crippen molar-refractivity contribution >= 4 is 11.8 Å². The molecule has 1 aromatic carbocycles. The Hall–Kier alpha value is -1.79. The minimum Gasteiger partial charge on any atom is -0.491 e. The van der Waals surface area contributed by atoms with Crippen molar-refractivity contribution in [2.24, 2.45) is 0 Å². The van der Waals surface area contributed by atoms with Crippen LogP contribution < -0.4 is 15.0 Å². The minimum absolute atomic E-state index is 0.157. The lowest BCUT2D eigenvalue weighted by Gasteiger charge is -2.20. The number of carboxylic acid groups (broad SMARTS) is 1. The van der Waals surface area contributed by atoms with Crippen molar-refractivity contribution in [2.75, 3.05) is 24.6 Å². The quantitative estimate of drug-likeness (QED) is 0.652. The topological polar surface area (TPSA) is 82.0 Å². The number of aliphatic hydroxyl groups is 1. The van der Waals surface area contributed by atoms with Crippen molar-refractivity contribution in [2.45, 2.75) is 39.3 Å². The lowest BCUT2D eigenvalue weighted by atomic mass is 10.2. The van der Waals surface area contributed by atoms with Gasteiger partial charge in [-0.1, -0.05) is 26.8 Å². The highest BCUT2D eigenvalue weighted by molar-refractivity contribution is 5.86. The summed E-state index contributed by atoms with van der Waals surface area (Å²) in [6.45, 7) is 6.98. The van der Waals surface area contributed by atoms with E-state index in [0.717, 1.165) is 6.42 Å². The van der Waals surface area contributed by atoms with Crippen LogP contribution in [-0.4, -0.2) is 48.1 Å². The molecule has 0 saturated carbocycles. The van der Waals surface area contributed by atoms with Gasteiger partial charge in [0.05, 0.1) is 5.69 Å². The molecule has 0 aliphatic heterocycles. The number of hydrogen-bond acceptors (Lipinski definition) is 4. The number of ether oxygens (including phenoxy) is 1. The fourth-order valence-corrected chi connectivity index (χ4v) is 1.92. The zero-order chi connectivity index (χ0) is 16.5. The van der Waals surface area contributed by atoms with E-state index in [4.69, 9.17) is 4.74 Å². The van der Waals surface area contributed by atoms with E-state index in [0.29, 0.717) is 30.6 Å². The molecule has 0 aliphatic rings. The van der Waals surface area contributed by atoms with E-state index in [1.165, 1.54) is 4.90 Å². The predicted molar refractivity (Wildman–Crippen MR) is 86.7 cm³/mol. The van der Waals surface area contributed by atoms with E-state index in [2.05, 4.69) is 5.32 Å². The molecule has 1 unspecified atom stereocenters. The summed E-state index contributed by atoms with van der Waals surface area (Å²) in [5.74, 6) is 0.545. The molecule has 6 heteroatoms. The molecule has 1 atom stereocenters. The summed E-state index contributed by atoms with van der Waals surface area (Å²) in [6.07, 6.45) is -0.866. The Labute approximate surface area is 131 Å². The molecule has 6 nitrogen and oxygen atoms in total. The van der Waals surface area contributed by atoms with Gasteiger partial charge in [0.1, 0.15) is 18.5 Å². The normalized spacial score (nSPS) is 12.2. The second-order valence-corrected chi connectivity index (χ2v) is 5.46. The van der Waals surface area contributed by atoms with Crippen LogP contribution in [0.1, 0.15) is 27.2 Å². The fourth-order valence-electron chi connectivity index (χ4n) is 1.92. The van der Waals surface area contributed by atoms with Gasteiger partial charge in [-0.05, 0) is 18.6 Å². The Morgan fingerprint density at radius 3 is 2.73 bits per heavy atom. The predicted octanol–water partition coefficient (Wildman–Crippen LogP) is 2.32. The van der Waals surface area contributed by atoms with Gasteiger partial charge >= 0.3 is 6.09 Å². The van der Waals surface area contributed by atoms with Gasteiger partial charge in [0.2, 0.25) is 0 Å². The highest BCUT2D eigenvalue weighted by Crippen LogP contribution is 2.21. The molecule has 0 aromatic heterocycles. The number of amides is 1. The molecule has 0 spiro atoms. The summed E-state index contributed by atoms with van der Waals surface area (Å²) in [7, 11) is 0. The summed E-state index contributed by atoms with van der Waals surface area (Å²) >= 11 is 0. The molecule has 0 aliphatic carbocycles. The summed E-state index contributed by atoms with van der Waals surface area (Å²) < 4.78 is 5.54. The molecule has 22 heavy (non-hydrogen) atoms. The van der Waals surface area contributed by atoms with E-state index >= 15 is 0 Å². The summed E-state index contributed by atoms with van der Waals surface area (Å²) in [5.41, 5.74) is 0.571. The highest BCUT2D eigenvalue weighted by atomic mass is 16.5. The average molecular weight is 310 g/mol. The highest BCUT2D eigenvalue weighted by Gasteiger charge is 2.14. The number of hydrogen-bond donors (Lipinski definition) is 3. The van der Waals surface area contributed by atoms with Gasteiger partial charge in [-0.25, -0.2) is 4.79 Å². The minimum atomic E-state index is -0.986. The molecule has 1 rings (SSSR count). The Kier molecular flexibility index (Phi) is 7.70. The molecule has 0 saturated heterocycles. The van der Waals surface area contributed by atoms with Crippen LogP contribution >= 0.6 is 0 Å². The monoisotopic (exact) mass is 310 g/mol. The third-order valence-electron chi connectivity index (χ3n) is 3.01. The Balaban J connectivity index is 2.62. The first-order valence-electron chi connectivity index (χ1n) is 7.58. The lowest BCUT2D eigenvalue weighted by molar-refractivity contribution is 0.104. The number of nitrogens with zero attached hydrogens (tertiary/aromatic N) is 1. The number of rotatable bonds is 9. The summed E-state index contributed by atoms with van der Waals surface area (Å²) in [5, 5.41) is 22.2. The Bertz CT molecular complexity index is 465. The van der Waals surface area contributed by atoms with E-state index in [9.17, 15) is 15.0 Å². The number of anilines is 1. The average Bonchev–Trinajstić information content (AvgIpc) is 2.48. The maximum atomic E-state index is 11.3. The van der Waals surface area contributed by atoms with E-state index < -0.39 is 12.2 Å². The first kappa shape index (κ1) is 18.3. The van der Waals surface area contributed by atoms with Crippen molar-refractivity contribution in [1.29, 1.82) is 0 Å². The second kappa shape index (κ2) is 9.27. The number of nitrogens with one attached hydrogen (secondary N) is 1. The molecule has 0 radical (unpaired) electrons. The van der Waals surface area contributed by atoms with Crippen LogP contribution in [0.5, 0.6) is 5.75 Å². The van der Waals surface area contributed by atoms with Gasteiger partial charge in [0, 0.05) is 25.2 Å². The van der Waals surface area contributed by atoms with Gasteiger partial charge in [0.15, 0.2) is 0 Å². The smallest absolute Gasteiger partial charge is 0.411 e. The van der Waals surface area contributed by atoms with Crippen LogP contribution in [0.3, 0.4) is 0 Å². The maximum absolute atomic E-state index is 11.3. The molecule has 0 fully saturated rings. The zero-order valence-electron chi connectivity index (χ0n) is 13.5. The first-order valence-corrected chi connectivity index (χ1v) is 7.58. The van der Waals surface area contributed by atoms with Crippen LogP contribution in [-0.2, 0) is 0 Å². The zero-order valence-corrected chi connectivity index (χ0v) is 13.5. The molecule has 1 amide bonds. The largest absolute Gasteiger partial charge is 0.491 e. The van der Waals surface area contributed by atoms with Crippen molar-refractivity contribution in [3.8, 4) is 5.75 Å². The van der Waals surface area contributed by atoms with Crippen LogP contribution in [0.15, 0.2) is 24.3 Å². The van der Waals surface area contributed by atoms with Crippen molar-refractivity contribution in [3.05, 3.63) is 24.3 Å². The molecule has 0 heterocycles. The van der Waals surface area contributed by atoms with Crippen LogP contribution in [0.25, 0.3) is 0 Å². The van der Waals surface area contributed by atoms with Crippen LogP contribution in [0, 0.1) is 0 Å². The summed E-state index contributed by atoms with van der Waals surface area (Å²) in [6, 6.07) is 7.20. The second-order valence-electron chi connectivity index (χ2n) is 5.46. The standard InChI is InChI=1S/C16H26N2O4/c1-4-8-18(16(20)21)13-6-5-7-15(9-13)22-11-14(19)10-17-12(2)3/h5-7,9,12,14,17,19H,4,8,10-11H2,1-3H3,(H,20,21). The third kappa shape index (κ3) is 6.32. The Morgan fingerprint density at radius 1 is 1.41 bits per heavy atom. The third-order valence-corrected chi connectivity index (χ3v) is 3.01. The molecular formula is C16H26N2O4. The molecule has 124 valence electrons. The number of benzene rings is 1. The molecule has 0 bridgehead atoms. The van der Waals surface area contributed by atoms with Gasteiger partial charge in [-0.15, -0.1) is 0 Å². The first-order chi connectivity index (χ1) is 10.4. The Morgan fingerprint density at radius 2 is 2.14 bits per heavy atom. The number of carbonyl (C=O) groups is 1. The maximum Gasteiger partial charge on any atom is 0.411 e. The SMILES string of the molecule is CCCN(C(=O)O)c1cccc(OCC(O)CNC(C)C)c1. The van der Waals surface area contributed by atoms with Crippen LogP contribution in [0.2, 0.25) is 0 Å². The molecule has 1 aromatic rings. The van der Waals surface area contributed by atoms with Crippen molar-refractivity contribution < 1.29 is 19.7 Å². The number of aliphatic hydroxyl groups excluding tert-OH is 1. The van der Waals surface area contributed by atoms with Gasteiger partial charge in [0.25, 0.3) is 0 Å². The fraction of sp³-hybridized carbons (Fsp3) is 0.562. The lowest BCUT2D eigenvalue weighted by Crippen LogP contribution is -2.35. The van der Waals surface area contributed by atoms with E-state index in [-0.39, 0.29) is 6.61 Å².